The number of aromatic nitrogens is 3. The lowest BCUT2D eigenvalue weighted by Crippen LogP contribution is -2.10. The summed E-state index contributed by atoms with van der Waals surface area (Å²) in [5.41, 5.74) is 3.13. The molecule has 0 atom stereocenters. The number of hydrogen-bond acceptors (Lipinski definition) is 6. The second-order valence-electron chi connectivity index (χ2n) is 3.55. The SMILES string of the molecule is CCOc1ccc(/C=N/Nc2nncc(=O)[nH]2)cc1. The summed E-state index contributed by atoms with van der Waals surface area (Å²) >= 11 is 0. The maximum absolute atomic E-state index is 11.0. The summed E-state index contributed by atoms with van der Waals surface area (Å²) in [5.74, 6) is 1.00. The third-order valence-corrected chi connectivity index (χ3v) is 2.15. The lowest BCUT2D eigenvalue weighted by atomic mass is 10.2. The van der Waals surface area contributed by atoms with Crippen molar-refractivity contribution in [3.05, 3.63) is 46.4 Å². The molecule has 0 aliphatic heterocycles. The van der Waals surface area contributed by atoms with Gasteiger partial charge in [-0.2, -0.15) is 5.10 Å². The molecule has 2 N–H and O–H groups in total. The molecular formula is C12H13N5O2. The number of nitrogens with zero attached hydrogens (tertiary/aromatic N) is 3. The zero-order chi connectivity index (χ0) is 13.5. The van der Waals surface area contributed by atoms with Gasteiger partial charge in [0.25, 0.3) is 5.56 Å². The van der Waals surface area contributed by atoms with Crippen LogP contribution in [-0.4, -0.2) is 28.0 Å². The second kappa shape index (κ2) is 6.29. The van der Waals surface area contributed by atoms with Gasteiger partial charge in [0.2, 0.25) is 5.95 Å². The van der Waals surface area contributed by atoms with Crippen LogP contribution in [0.3, 0.4) is 0 Å². The fraction of sp³-hybridized carbons (Fsp3) is 0.167. The molecule has 0 bridgehead atoms. The minimum Gasteiger partial charge on any atom is -0.494 e. The van der Waals surface area contributed by atoms with Crippen molar-refractivity contribution in [2.45, 2.75) is 6.92 Å². The van der Waals surface area contributed by atoms with E-state index in [0.717, 1.165) is 17.5 Å². The molecule has 0 fully saturated rings. The highest BCUT2D eigenvalue weighted by atomic mass is 16.5. The monoisotopic (exact) mass is 259 g/mol. The number of anilines is 1. The van der Waals surface area contributed by atoms with E-state index in [9.17, 15) is 4.79 Å². The number of benzene rings is 1. The molecule has 7 nitrogen and oxygen atoms in total. The molecule has 7 heteroatoms. The quantitative estimate of drug-likeness (QED) is 0.617. The Bertz CT molecular complexity index is 606. The summed E-state index contributed by atoms with van der Waals surface area (Å²) in [7, 11) is 0. The Balaban J connectivity index is 1.97. The summed E-state index contributed by atoms with van der Waals surface area (Å²) in [6.45, 7) is 2.57. The van der Waals surface area contributed by atoms with E-state index < -0.39 is 0 Å². The van der Waals surface area contributed by atoms with E-state index in [1.165, 1.54) is 0 Å². The minimum atomic E-state index is -0.339. The molecule has 1 aromatic heterocycles. The zero-order valence-corrected chi connectivity index (χ0v) is 10.3. The molecule has 2 aromatic rings. The Kier molecular flexibility index (Phi) is 4.22. The largest absolute Gasteiger partial charge is 0.494 e. The van der Waals surface area contributed by atoms with E-state index >= 15 is 0 Å². The van der Waals surface area contributed by atoms with Crippen molar-refractivity contribution in [2.24, 2.45) is 5.10 Å². The Labute approximate surface area is 109 Å². The molecule has 1 aromatic carbocycles. The molecule has 1 heterocycles. The van der Waals surface area contributed by atoms with Gasteiger partial charge in [0.15, 0.2) is 0 Å². The first-order valence-corrected chi connectivity index (χ1v) is 5.72. The second-order valence-corrected chi connectivity index (χ2v) is 3.55. The highest BCUT2D eigenvalue weighted by Crippen LogP contribution is 2.10. The Hall–Kier alpha value is -2.70. The summed E-state index contributed by atoms with van der Waals surface area (Å²) in [4.78, 5) is 13.4. The first-order chi connectivity index (χ1) is 9.28. The van der Waals surface area contributed by atoms with E-state index in [0.29, 0.717) is 6.61 Å². The number of H-pyrrole nitrogens is 1. The van der Waals surface area contributed by atoms with Gasteiger partial charge in [-0.1, -0.05) is 0 Å². The van der Waals surface area contributed by atoms with Gasteiger partial charge in [0.05, 0.1) is 12.8 Å². The molecule has 0 amide bonds. The van der Waals surface area contributed by atoms with Crippen LogP contribution in [0.15, 0.2) is 40.4 Å². The number of hydrogen-bond donors (Lipinski definition) is 2. The molecule has 2 rings (SSSR count). The van der Waals surface area contributed by atoms with E-state index in [1.54, 1.807) is 6.21 Å². The van der Waals surface area contributed by atoms with Gasteiger partial charge in [-0.3, -0.25) is 9.78 Å². The molecular weight excluding hydrogens is 246 g/mol. The fourth-order valence-corrected chi connectivity index (χ4v) is 1.35. The normalized spacial score (nSPS) is 10.6. The lowest BCUT2D eigenvalue weighted by Gasteiger charge is -2.02. The van der Waals surface area contributed by atoms with Gasteiger partial charge < -0.3 is 4.74 Å². The maximum atomic E-state index is 11.0. The zero-order valence-electron chi connectivity index (χ0n) is 10.3. The van der Waals surface area contributed by atoms with Crippen molar-refractivity contribution in [3.8, 4) is 5.75 Å². The van der Waals surface area contributed by atoms with Crippen LogP contribution < -0.4 is 15.7 Å². The van der Waals surface area contributed by atoms with Crippen molar-refractivity contribution in [2.75, 3.05) is 12.0 Å². The van der Waals surface area contributed by atoms with Crippen LogP contribution >= 0.6 is 0 Å². The molecule has 0 radical (unpaired) electrons. The maximum Gasteiger partial charge on any atom is 0.271 e. The number of hydrazone groups is 1. The third-order valence-electron chi connectivity index (χ3n) is 2.15. The summed E-state index contributed by atoms with van der Waals surface area (Å²) < 4.78 is 5.33. The van der Waals surface area contributed by atoms with Crippen LogP contribution in [-0.2, 0) is 0 Å². The smallest absolute Gasteiger partial charge is 0.271 e. The predicted octanol–water partition coefficient (Wildman–Crippen LogP) is 1.01. The van der Waals surface area contributed by atoms with Crippen LogP contribution in [0.1, 0.15) is 12.5 Å². The fourth-order valence-electron chi connectivity index (χ4n) is 1.35. The summed E-state index contributed by atoms with van der Waals surface area (Å²) in [6, 6.07) is 7.45. The van der Waals surface area contributed by atoms with Crippen molar-refractivity contribution in [1.82, 2.24) is 15.2 Å². The molecule has 0 unspecified atom stereocenters. The standard InChI is InChI=1S/C12H13N5O2/c1-2-19-10-5-3-9(4-6-10)7-13-16-12-15-11(18)8-14-17-12/h3-8H,2H2,1H3,(H2,15,16,17,18)/b13-7+. The Morgan fingerprint density at radius 2 is 2.21 bits per heavy atom. The van der Waals surface area contributed by atoms with Gasteiger partial charge in [0, 0.05) is 0 Å². The molecule has 0 spiro atoms. The van der Waals surface area contributed by atoms with E-state index in [4.69, 9.17) is 4.74 Å². The molecule has 0 saturated heterocycles. The van der Waals surface area contributed by atoms with E-state index in [-0.39, 0.29) is 11.5 Å². The van der Waals surface area contributed by atoms with Crippen LogP contribution in [0.4, 0.5) is 5.95 Å². The number of rotatable bonds is 5. The van der Waals surface area contributed by atoms with Crippen molar-refractivity contribution in [1.29, 1.82) is 0 Å². The average molecular weight is 259 g/mol. The highest BCUT2D eigenvalue weighted by Gasteiger charge is 1.93. The highest BCUT2D eigenvalue weighted by molar-refractivity contribution is 5.80. The summed E-state index contributed by atoms with van der Waals surface area (Å²) in [6.07, 6.45) is 2.68. The summed E-state index contributed by atoms with van der Waals surface area (Å²) in [5, 5.41) is 11.1. The molecule has 98 valence electrons. The van der Waals surface area contributed by atoms with Crippen molar-refractivity contribution < 1.29 is 4.74 Å². The van der Waals surface area contributed by atoms with Crippen LogP contribution in [0.25, 0.3) is 0 Å². The van der Waals surface area contributed by atoms with Gasteiger partial charge in [-0.15, -0.1) is 10.2 Å². The van der Waals surface area contributed by atoms with Crippen LogP contribution in [0.5, 0.6) is 5.75 Å². The Morgan fingerprint density at radius 3 is 2.89 bits per heavy atom. The van der Waals surface area contributed by atoms with Gasteiger partial charge >= 0.3 is 0 Å². The molecule has 0 saturated carbocycles. The number of nitrogens with one attached hydrogen (secondary N) is 2. The van der Waals surface area contributed by atoms with Crippen molar-refractivity contribution in [3.63, 3.8) is 0 Å². The number of ether oxygens (including phenoxy) is 1. The Morgan fingerprint density at radius 1 is 1.42 bits per heavy atom. The number of aromatic amines is 1. The van der Waals surface area contributed by atoms with Gasteiger partial charge in [-0.25, -0.2) is 5.43 Å². The van der Waals surface area contributed by atoms with E-state index in [1.807, 2.05) is 31.2 Å². The molecule has 19 heavy (non-hydrogen) atoms. The first-order valence-electron chi connectivity index (χ1n) is 5.72. The topological polar surface area (TPSA) is 92.3 Å². The third kappa shape index (κ3) is 3.91. The minimum absolute atomic E-state index is 0.190. The first kappa shape index (κ1) is 12.7. The molecule has 0 aliphatic rings. The van der Waals surface area contributed by atoms with Crippen molar-refractivity contribution >= 4 is 12.2 Å². The lowest BCUT2D eigenvalue weighted by molar-refractivity contribution is 0.340. The van der Waals surface area contributed by atoms with Crippen LogP contribution in [0, 0.1) is 0 Å². The predicted molar refractivity (Wildman–Crippen MR) is 71.5 cm³/mol. The van der Waals surface area contributed by atoms with Gasteiger partial charge in [-0.05, 0) is 36.8 Å². The van der Waals surface area contributed by atoms with Crippen LogP contribution in [0.2, 0.25) is 0 Å². The average Bonchev–Trinajstić information content (AvgIpc) is 2.41. The molecule has 0 aliphatic carbocycles. The van der Waals surface area contributed by atoms with E-state index in [2.05, 4.69) is 25.7 Å². The van der Waals surface area contributed by atoms with Gasteiger partial charge in [0.1, 0.15) is 11.9 Å².